The molecule has 1 spiro atoms. The lowest BCUT2D eigenvalue weighted by molar-refractivity contribution is -0.136. The molecule has 2 fully saturated rings. The molecular formula is C22H32N4O2. The van der Waals surface area contributed by atoms with Crippen molar-refractivity contribution < 1.29 is 9.59 Å². The summed E-state index contributed by atoms with van der Waals surface area (Å²) in [6.07, 6.45) is 5.22. The van der Waals surface area contributed by atoms with Crippen LogP contribution in [0.25, 0.3) is 0 Å². The number of nitrogens with zero attached hydrogens (tertiary/aromatic N) is 4. The molecule has 28 heavy (non-hydrogen) atoms. The van der Waals surface area contributed by atoms with Gasteiger partial charge in [-0.1, -0.05) is 31.6 Å². The fourth-order valence-corrected chi connectivity index (χ4v) is 4.20. The predicted octanol–water partition coefficient (Wildman–Crippen LogP) is 3.30. The van der Waals surface area contributed by atoms with Gasteiger partial charge in [-0.05, 0) is 44.7 Å². The minimum atomic E-state index is -0.698. The van der Waals surface area contributed by atoms with Crippen LogP contribution in [0, 0.1) is 5.92 Å². The number of pyridine rings is 1. The van der Waals surface area contributed by atoms with Crippen molar-refractivity contribution >= 4 is 11.9 Å². The Hall–Kier alpha value is -2.21. The molecule has 0 atom stereocenters. The summed E-state index contributed by atoms with van der Waals surface area (Å²) in [6, 6.07) is 5.42. The molecule has 0 saturated carbocycles. The van der Waals surface area contributed by atoms with E-state index in [-0.39, 0.29) is 18.5 Å². The number of piperidine rings is 1. The Morgan fingerprint density at radius 1 is 1.25 bits per heavy atom. The monoisotopic (exact) mass is 384 g/mol. The highest BCUT2D eigenvalue weighted by Gasteiger charge is 2.57. The second-order valence-corrected chi connectivity index (χ2v) is 8.44. The number of hydrogen-bond acceptors (Lipinski definition) is 4. The fraction of sp³-hybridized carbons (Fsp3) is 0.591. The standard InChI is InChI=1S/C22H32N4O2/c1-5-18(4)15-24-12-9-22(10-13-24)20(27)25(16-19-8-6-7-11-23-19)21(28)26(22)14-17(2)3/h5-8,11,17H,9-10,12-16H2,1-4H3. The van der Waals surface area contributed by atoms with Crippen molar-refractivity contribution in [1.29, 1.82) is 0 Å². The number of aromatic nitrogens is 1. The van der Waals surface area contributed by atoms with Gasteiger partial charge in [0.2, 0.25) is 0 Å². The van der Waals surface area contributed by atoms with Crippen LogP contribution in [-0.2, 0) is 11.3 Å². The molecule has 1 aromatic rings. The molecule has 6 heteroatoms. The van der Waals surface area contributed by atoms with E-state index in [0.717, 1.165) is 25.3 Å². The maximum absolute atomic E-state index is 13.5. The van der Waals surface area contributed by atoms with Crippen LogP contribution in [0.4, 0.5) is 4.79 Å². The Morgan fingerprint density at radius 2 is 1.96 bits per heavy atom. The zero-order valence-electron chi connectivity index (χ0n) is 17.5. The summed E-state index contributed by atoms with van der Waals surface area (Å²) in [6.45, 7) is 11.8. The highest BCUT2D eigenvalue weighted by molar-refractivity contribution is 6.07. The molecule has 1 aromatic heterocycles. The molecule has 0 radical (unpaired) electrons. The van der Waals surface area contributed by atoms with E-state index in [1.54, 1.807) is 6.20 Å². The van der Waals surface area contributed by atoms with Crippen molar-refractivity contribution in [2.24, 2.45) is 5.92 Å². The topological polar surface area (TPSA) is 56.8 Å². The van der Waals surface area contributed by atoms with Crippen LogP contribution in [0.3, 0.4) is 0 Å². The first-order chi connectivity index (χ1) is 13.4. The van der Waals surface area contributed by atoms with Gasteiger partial charge in [0.25, 0.3) is 5.91 Å². The summed E-state index contributed by atoms with van der Waals surface area (Å²) in [7, 11) is 0. The largest absolute Gasteiger partial charge is 0.328 e. The number of imide groups is 1. The second-order valence-electron chi connectivity index (χ2n) is 8.44. The van der Waals surface area contributed by atoms with E-state index < -0.39 is 5.54 Å². The van der Waals surface area contributed by atoms with E-state index in [9.17, 15) is 9.59 Å². The third-order valence-electron chi connectivity index (χ3n) is 5.86. The molecule has 0 aromatic carbocycles. The number of hydrogen-bond donors (Lipinski definition) is 0. The third kappa shape index (κ3) is 3.97. The van der Waals surface area contributed by atoms with Crippen LogP contribution >= 0.6 is 0 Å². The number of carbonyl (C=O) groups excluding carboxylic acids is 2. The minimum absolute atomic E-state index is 0.0498. The lowest BCUT2D eigenvalue weighted by Crippen LogP contribution is -2.57. The summed E-state index contributed by atoms with van der Waals surface area (Å²) >= 11 is 0. The van der Waals surface area contributed by atoms with Crippen molar-refractivity contribution in [3.05, 3.63) is 41.7 Å². The molecule has 3 heterocycles. The van der Waals surface area contributed by atoms with Crippen LogP contribution in [0.15, 0.2) is 36.0 Å². The second kappa shape index (κ2) is 8.43. The zero-order valence-corrected chi connectivity index (χ0v) is 17.5. The van der Waals surface area contributed by atoms with Crippen molar-refractivity contribution in [2.45, 2.75) is 52.6 Å². The van der Waals surface area contributed by atoms with Gasteiger partial charge in [-0.3, -0.25) is 19.6 Å². The van der Waals surface area contributed by atoms with E-state index in [1.165, 1.54) is 10.5 Å². The molecule has 0 unspecified atom stereocenters. The van der Waals surface area contributed by atoms with Gasteiger partial charge in [-0.25, -0.2) is 4.79 Å². The number of rotatable bonds is 6. The summed E-state index contributed by atoms with van der Waals surface area (Å²) in [5.41, 5.74) is 1.38. The van der Waals surface area contributed by atoms with Crippen molar-refractivity contribution in [1.82, 2.24) is 19.7 Å². The quantitative estimate of drug-likeness (QED) is 0.558. The Bertz CT molecular complexity index is 736. The van der Waals surface area contributed by atoms with Crippen LogP contribution in [0.2, 0.25) is 0 Å². The molecule has 2 aliphatic heterocycles. The molecule has 6 nitrogen and oxygen atoms in total. The first-order valence-electron chi connectivity index (χ1n) is 10.2. The Kier molecular flexibility index (Phi) is 6.18. The average molecular weight is 385 g/mol. The fourth-order valence-electron chi connectivity index (χ4n) is 4.20. The molecule has 2 saturated heterocycles. The SMILES string of the molecule is CC=C(C)CN1CCC2(CC1)C(=O)N(Cc1ccccn1)C(=O)N2CC(C)C. The number of carbonyl (C=O) groups is 2. The lowest BCUT2D eigenvalue weighted by Gasteiger charge is -2.42. The van der Waals surface area contributed by atoms with E-state index in [0.29, 0.717) is 25.3 Å². The summed E-state index contributed by atoms with van der Waals surface area (Å²) < 4.78 is 0. The molecule has 3 amide bonds. The van der Waals surface area contributed by atoms with Gasteiger partial charge in [-0.2, -0.15) is 0 Å². The lowest BCUT2D eigenvalue weighted by atomic mass is 9.85. The smallest absolute Gasteiger partial charge is 0.309 e. The molecule has 3 rings (SSSR count). The van der Waals surface area contributed by atoms with Gasteiger partial charge in [0.05, 0.1) is 12.2 Å². The van der Waals surface area contributed by atoms with Gasteiger partial charge < -0.3 is 4.90 Å². The predicted molar refractivity (Wildman–Crippen MR) is 110 cm³/mol. The van der Waals surface area contributed by atoms with Gasteiger partial charge in [0, 0.05) is 32.4 Å². The molecule has 0 N–H and O–H groups in total. The van der Waals surface area contributed by atoms with Crippen molar-refractivity contribution in [3.63, 3.8) is 0 Å². The van der Waals surface area contributed by atoms with Gasteiger partial charge in [0.1, 0.15) is 5.54 Å². The van der Waals surface area contributed by atoms with Crippen LogP contribution in [-0.4, -0.2) is 63.3 Å². The van der Waals surface area contributed by atoms with Crippen LogP contribution < -0.4 is 0 Å². The molecule has 2 aliphatic rings. The molecule has 0 bridgehead atoms. The highest BCUT2D eigenvalue weighted by Crippen LogP contribution is 2.38. The van der Waals surface area contributed by atoms with E-state index in [2.05, 4.69) is 43.7 Å². The number of urea groups is 1. The first-order valence-corrected chi connectivity index (χ1v) is 10.2. The number of allylic oxidation sites excluding steroid dienone is 1. The number of amides is 3. The van der Waals surface area contributed by atoms with Gasteiger partial charge >= 0.3 is 6.03 Å². The Labute approximate surface area is 168 Å². The average Bonchev–Trinajstić information content (AvgIpc) is 2.86. The van der Waals surface area contributed by atoms with Gasteiger partial charge in [0.15, 0.2) is 0 Å². The molecular weight excluding hydrogens is 352 g/mol. The van der Waals surface area contributed by atoms with E-state index in [4.69, 9.17) is 0 Å². The summed E-state index contributed by atoms with van der Waals surface area (Å²) in [5.74, 6) is 0.262. The maximum atomic E-state index is 13.5. The van der Waals surface area contributed by atoms with Crippen molar-refractivity contribution in [2.75, 3.05) is 26.2 Å². The summed E-state index contributed by atoms with van der Waals surface area (Å²) in [5, 5.41) is 0. The van der Waals surface area contributed by atoms with Crippen LogP contribution in [0.5, 0.6) is 0 Å². The summed E-state index contributed by atoms with van der Waals surface area (Å²) in [4.78, 5) is 36.6. The van der Waals surface area contributed by atoms with E-state index in [1.807, 2.05) is 23.1 Å². The number of likely N-dealkylation sites (tertiary alicyclic amines) is 1. The van der Waals surface area contributed by atoms with E-state index >= 15 is 0 Å². The minimum Gasteiger partial charge on any atom is -0.309 e. The normalized spacial score (nSPS) is 20.7. The Morgan fingerprint density at radius 3 is 2.54 bits per heavy atom. The third-order valence-corrected chi connectivity index (χ3v) is 5.86. The zero-order chi connectivity index (χ0) is 20.3. The Balaban J connectivity index is 1.82. The highest BCUT2D eigenvalue weighted by atomic mass is 16.2. The van der Waals surface area contributed by atoms with Gasteiger partial charge in [-0.15, -0.1) is 0 Å². The maximum Gasteiger partial charge on any atom is 0.328 e. The van der Waals surface area contributed by atoms with Crippen molar-refractivity contribution in [3.8, 4) is 0 Å². The molecule has 152 valence electrons. The molecule has 0 aliphatic carbocycles. The van der Waals surface area contributed by atoms with Crippen LogP contribution in [0.1, 0.15) is 46.2 Å². The first kappa shape index (κ1) is 20.5.